The van der Waals surface area contributed by atoms with Crippen LogP contribution in [0.4, 0.5) is 5.69 Å². The largest absolute Gasteiger partial charge is 0.506 e. The highest BCUT2D eigenvalue weighted by Gasteiger charge is 2.25. The molecular formula is C19H26N4O2. The minimum atomic E-state index is -0.0120. The topological polar surface area (TPSA) is 61.6 Å². The third kappa shape index (κ3) is 3.48. The molecule has 1 amide bonds. The van der Waals surface area contributed by atoms with Crippen molar-refractivity contribution in [3.8, 4) is 5.75 Å². The molecule has 2 aromatic rings. The van der Waals surface area contributed by atoms with Gasteiger partial charge in [-0.15, -0.1) is 0 Å². The normalized spacial score (nSPS) is 16.1. The van der Waals surface area contributed by atoms with Crippen molar-refractivity contribution in [2.45, 2.75) is 33.2 Å². The van der Waals surface area contributed by atoms with Crippen LogP contribution in [0.25, 0.3) is 0 Å². The van der Waals surface area contributed by atoms with Gasteiger partial charge in [0, 0.05) is 37.9 Å². The quantitative estimate of drug-likeness (QED) is 0.928. The first kappa shape index (κ1) is 17.3. The van der Waals surface area contributed by atoms with E-state index in [1.54, 1.807) is 6.07 Å². The minimum Gasteiger partial charge on any atom is -0.506 e. The number of hydrogen-bond donors (Lipinski definition) is 1. The van der Waals surface area contributed by atoms with Gasteiger partial charge in [0.15, 0.2) is 5.69 Å². The molecule has 0 bridgehead atoms. The van der Waals surface area contributed by atoms with Crippen molar-refractivity contribution in [2.75, 3.05) is 31.1 Å². The van der Waals surface area contributed by atoms with Gasteiger partial charge >= 0.3 is 0 Å². The van der Waals surface area contributed by atoms with Crippen LogP contribution in [0.5, 0.6) is 5.75 Å². The monoisotopic (exact) mass is 342 g/mol. The van der Waals surface area contributed by atoms with Crippen LogP contribution in [-0.2, 0) is 0 Å². The third-order valence-electron chi connectivity index (χ3n) is 4.94. The maximum atomic E-state index is 12.8. The fourth-order valence-corrected chi connectivity index (χ4v) is 3.26. The van der Waals surface area contributed by atoms with Crippen LogP contribution in [0, 0.1) is 6.92 Å². The number of benzene rings is 1. The summed E-state index contributed by atoms with van der Waals surface area (Å²) < 4.78 is 1.94. The van der Waals surface area contributed by atoms with Crippen LogP contribution in [0.2, 0.25) is 0 Å². The van der Waals surface area contributed by atoms with E-state index in [1.165, 1.54) is 0 Å². The number of anilines is 1. The Labute approximate surface area is 148 Å². The number of piperazine rings is 1. The molecule has 1 aromatic carbocycles. The van der Waals surface area contributed by atoms with E-state index in [1.807, 2.05) is 40.8 Å². The van der Waals surface area contributed by atoms with Crippen molar-refractivity contribution in [2.24, 2.45) is 0 Å². The van der Waals surface area contributed by atoms with Crippen LogP contribution in [0.3, 0.4) is 0 Å². The maximum Gasteiger partial charge on any atom is 0.274 e. The van der Waals surface area contributed by atoms with Gasteiger partial charge in [-0.3, -0.25) is 9.48 Å². The average Bonchev–Trinajstić information content (AvgIpc) is 3.03. The summed E-state index contributed by atoms with van der Waals surface area (Å²) in [6.45, 7) is 8.88. The molecule has 1 unspecified atom stereocenters. The van der Waals surface area contributed by atoms with Crippen LogP contribution < -0.4 is 4.90 Å². The van der Waals surface area contributed by atoms with Gasteiger partial charge in [0.05, 0.1) is 5.69 Å². The summed E-state index contributed by atoms with van der Waals surface area (Å²) in [7, 11) is 0. The van der Waals surface area contributed by atoms with E-state index in [-0.39, 0.29) is 11.7 Å². The molecule has 6 heteroatoms. The number of aromatic nitrogens is 2. The third-order valence-corrected chi connectivity index (χ3v) is 4.94. The molecule has 25 heavy (non-hydrogen) atoms. The Hall–Kier alpha value is -2.50. The second kappa shape index (κ2) is 7.17. The fourth-order valence-electron chi connectivity index (χ4n) is 3.26. The summed E-state index contributed by atoms with van der Waals surface area (Å²) in [5.74, 6) is 0.271. The van der Waals surface area contributed by atoms with E-state index in [0.29, 0.717) is 37.9 Å². The summed E-state index contributed by atoms with van der Waals surface area (Å²) in [5, 5.41) is 14.5. The molecule has 0 aliphatic carbocycles. The molecule has 1 aromatic heterocycles. The lowest BCUT2D eigenvalue weighted by atomic mass is 10.2. The number of carbonyl (C=O) groups is 1. The second-order valence-corrected chi connectivity index (χ2v) is 6.64. The highest BCUT2D eigenvalue weighted by atomic mass is 16.3. The van der Waals surface area contributed by atoms with Crippen molar-refractivity contribution in [3.05, 3.63) is 41.7 Å². The van der Waals surface area contributed by atoms with Crippen molar-refractivity contribution in [1.29, 1.82) is 0 Å². The molecule has 3 rings (SSSR count). The smallest absolute Gasteiger partial charge is 0.274 e. The van der Waals surface area contributed by atoms with E-state index in [2.05, 4.69) is 23.8 Å². The molecule has 6 nitrogen and oxygen atoms in total. The fraction of sp³-hybridized carbons (Fsp3) is 0.474. The highest BCUT2D eigenvalue weighted by molar-refractivity contribution is 5.92. The molecule has 1 N–H and O–H groups in total. The molecule has 134 valence electrons. The van der Waals surface area contributed by atoms with E-state index < -0.39 is 0 Å². The summed E-state index contributed by atoms with van der Waals surface area (Å²) in [5.41, 5.74) is 2.37. The first-order chi connectivity index (χ1) is 12.0. The minimum absolute atomic E-state index is 0.0120. The lowest BCUT2D eigenvalue weighted by Crippen LogP contribution is -2.49. The molecule has 0 radical (unpaired) electrons. The maximum absolute atomic E-state index is 12.8. The Morgan fingerprint density at radius 1 is 1.24 bits per heavy atom. The van der Waals surface area contributed by atoms with Gasteiger partial charge in [0.25, 0.3) is 5.91 Å². The Morgan fingerprint density at radius 3 is 2.56 bits per heavy atom. The number of hydrogen-bond acceptors (Lipinski definition) is 4. The van der Waals surface area contributed by atoms with E-state index in [0.717, 1.165) is 17.8 Å². The SMILES string of the molecule is CCC(C)n1nc(C(=O)N2CCN(c3ccccc3O)CC2)cc1C. The van der Waals surface area contributed by atoms with Gasteiger partial charge in [-0.25, -0.2) is 0 Å². The molecule has 1 fully saturated rings. The van der Waals surface area contributed by atoms with Crippen LogP contribution in [0.15, 0.2) is 30.3 Å². The van der Waals surface area contributed by atoms with Gasteiger partial charge in [0.2, 0.25) is 0 Å². The number of rotatable bonds is 4. The van der Waals surface area contributed by atoms with Crippen LogP contribution in [-0.4, -0.2) is 51.9 Å². The summed E-state index contributed by atoms with van der Waals surface area (Å²) in [6.07, 6.45) is 0.982. The lowest BCUT2D eigenvalue weighted by molar-refractivity contribution is 0.0739. The average molecular weight is 342 g/mol. The van der Waals surface area contributed by atoms with Crippen molar-refractivity contribution < 1.29 is 9.90 Å². The number of phenolic OH excluding ortho intramolecular Hbond substituents is 1. The molecule has 1 atom stereocenters. The number of aryl methyl sites for hydroxylation is 1. The number of para-hydroxylation sites is 2. The number of carbonyl (C=O) groups excluding carboxylic acids is 1. The zero-order valence-electron chi connectivity index (χ0n) is 15.1. The number of phenols is 1. The zero-order valence-corrected chi connectivity index (χ0v) is 15.1. The second-order valence-electron chi connectivity index (χ2n) is 6.64. The van der Waals surface area contributed by atoms with Crippen LogP contribution in [0.1, 0.15) is 42.5 Å². The predicted molar refractivity (Wildman–Crippen MR) is 98.2 cm³/mol. The highest BCUT2D eigenvalue weighted by Crippen LogP contribution is 2.27. The van der Waals surface area contributed by atoms with Crippen molar-refractivity contribution in [1.82, 2.24) is 14.7 Å². The zero-order chi connectivity index (χ0) is 18.0. The Balaban J connectivity index is 1.67. The van der Waals surface area contributed by atoms with Gasteiger partial charge in [-0.2, -0.15) is 5.10 Å². The Morgan fingerprint density at radius 2 is 1.92 bits per heavy atom. The number of amides is 1. The molecule has 0 spiro atoms. The first-order valence-electron chi connectivity index (χ1n) is 8.89. The van der Waals surface area contributed by atoms with Gasteiger partial charge in [-0.05, 0) is 38.5 Å². The van der Waals surface area contributed by atoms with Gasteiger partial charge < -0.3 is 14.9 Å². The molecular weight excluding hydrogens is 316 g/mol. The molecule has 1 aliphatic heterocycles. The van der Waals surface area contributed by atoms with E-state index in [9.17, 15) is 9.90 Å². The lowest BCUT2D eigenvalue weighted by Gasteiger charge is -2.36. The first-order valence-corrected chi connectivity index (χ1v) is 8.89. The molecule has 0 saturated carbocycles. The number of nitrogens with zero attached hydrogens (tertiary/aromatic N) is 4. The van der Waals surface area contributed by atoms with Crippen molar-refractivity contribution >= 4 is 11.6 Å². The van der Waals surface area contributed by atoms with Crippen LogP contribution >= 0.6 is 0 Å². The van der Waals surface area contributed by atoms with E-state index in [4.69, 9.17) is 0 Å². The standard InChI is InChI=1S/C19H26N4O2/c1-4-14(2)23-15(3)13-16(20-23)19(25)22-11-9-21(10-12-22)17-7-5-6-8-18(17)24/h5-8,13-14,24H,4,9-12H2,1-3H3. The molecule has 2 heterocycles. The molecule has 1 aliphatic rings. The van der Waals surface area contributed by atoms with Crippen molar-refractivity contribution in [3.63, 3.8) is 0 Å². The predicted octanol–water partition coefficient (Wildman–Crippen LogP) is 2.83. The summed E-state index contributed by atoms with van der Waals surface area (Å²) in [6, 6.07) is 9.50. The van der Waals surface area contributed by atoms with E-state index >= 15 is 0 Å². The molecule has 1 saturated heterocycles. The van der Waals surface area contributed by atoms with Gasteiger partial charge in [-0.1, -0.05) is 19.1 Å². The summed E-state index contributed by atoms with van der Waals surface area (Å²) in [4.78, 5) is 16.7. The number of aromatic hydroxyl groups is 1. The summed E-state index contributed by atoms with van der Waals surface area (Å²) >= 11 is 0. The Kier molecular flexibility index (Phi) is 4.97. The van der Waals surface area contributed by atoms with Gasteiger partial charge in [0.1, 0.15) is 5.75 Å². The Bertz CT molecular complexity index is 748.